The molecule has 0 spiro atoms. The van der Waals surface area contributed by atoms with E-state index in [-0.39, 0.29) is 19.3 Å². The first-order valence-corrected chi connectivity index (χ1v) is 11.8. The molecule has 1 heterocycles. The summed E-state index contributed by atoms with van der Waals surface area (Å²) in [4.78, 5) is 38.1. The van der Waals surface area contributed by atoms with Crippen molar-refractivity contribution in [1.82, 2.24) is 4.90 Å². The molecule has 1 amide bonds. The zero-order valence-electron chi connectivity index (χ0n) is 19.4. The summed E-state index contributed by atoms with van der Waals surface area (Å²) in [7, 11) is 0. The maximum atomic E-state index is 12.3. The molecule has 1 saturated heterocycles. The van der Waals surface area contributed by atoms with Gasteiger partial charge in [-0.1, -0.05) is 56.0 Å². The lowest BCUT2D eigenvalue weighted by atomic mass is 9.90. The average molecular weight is 448 g/mol. The third-order valence-corrected chi connectivity index (χ3v) is 5.83. The van der Waals surface area contributed by atoms with E-state index in [0.29, 0.717) is 18.9 Å². The molecule has 0 aromatic heterocycles. The fraction of sp³-hybridized carbons (Fsp3) is 0.640. The van der Waals surface area contributed by atoms with Crippen LogP contribution in [0.4, 0.5) is 4.79 Å². The highest BCUT2D eigenvalue weighted by Crippen LogP contribution is 2.24. The van der Waals surface area contributed by atoms with E-state index in [1.807, 2.05) is 30.3 Å². The van der Waals surface area contributed by atoms with Crippen LogP contribution in [0, 0.1) is 11.8 Å². The number of hydrogen-bond donors (Lipinski definition) is 0. The van der Waals surface area contributed by atoms with Crippen LogP contribution in [0.1, 0.15) is 64.4 Å². The molecule has 2 rings (SSSR count). The number of likely N-dealkylation sites (tertiary alicyclic amines) is 1. The fourth-order valence-corrected chi connectivity index (χ4v) is 3.99. The molecule has 1 aliphatic rings. The molecular formula is C25H37NO6. The van der Waals surface area contributed by atoms with E-state index >= 15 is 0 Å². The molecule has 0 bridgehead atoms. The molecule has 7 nitrogen and oxygen atoms in total. The van der Waals surface area contributed by atoms with Crippen molar-refractivity contribution < 1.29 is 28.6 Å². The smallest absolute Gasteiger partial charge is 0.410 e. The van der Waals surface area contributed by atoms with Crippen molar-refractivity contribution in [3.8, 4) is 0 Å². The van der Waals surface area contributed by atoms with Gasteiger partial charge in [0.05, 0.1) is 13.2 Å². The quantitative estimate of drug-likeness (QED) is 0.199. The van der Waals surface area contributed by atoms with Gasteiger partial charge in [0.1, 0.15) is 6.61 Å². The van der Waals surface area contributed by atoms with Crippen LogP contribution in [0.25, 0.3) is 0 Å². The van der Waals surface area contributed by atoms with Crippen LogP contribution in [0.5, 0.6) is 0 Å². The molecule has 7 heteroatoms. The van der Waals surface area contributed by atoms with Gasteiger partial charge in [0.15, 0.2) is 5.92 Å². The van der Waals surface area contributed by atoms with Gasteiger partial charge in [-0.3, -0.25) is 9.59 Å². The molecule has 1 fully saturated rings. The SMILES string of the molecule is CCOC(=O)C(CCCCCC1CCN(C(=O)OCc2ccccc2)CC1)C(=O)OCC. The largest absolute Gasteiger partial charge is 0.465 e. The maximum Gasteiger partial charge on any atom is 0.410 e. The molecule has 0 radical (unpaired) electrons. The molecular weight excluding hydrogens is 410 g/mol. The summed E-state index contributed by atoms with van der Waals surface area (Å²) < 4.78 is 15.4. The number of unbranched alkanes of at least 4 members (excludes halogenated alkanes) is 2. The van der Waals surface area contributed by atoms with Gasteiger partial charge < -0.3 is 19.1 Å². The second kappa shape index (κ2) is 14.5. The third kappa shape index (κ3) is 8.89. The molecule has 178 valence electrons. The highest BCUT2D eigenvalue weighted by atomic mass is 16.6. The number of carbonyl (C=O) groups excluding carboxylic acids is 3. The van der Waals surface area contributed by atoms with Crippen molar-refractivity contribution in [3.63, 3.8) is 0 Å². The minimum absolute atomic E-state index is 0.240. The Balaban J connectivity index is 1.60. The van der Waals surface area contributed by atoms with E-state index in [4.69, 9.17) is 14.2 Å². The van der Waals surface area contributed by atoms with Gasteiger partial charge >= 0.3 is 18.0 Å². The molecule has 0 N–H and O–H groups in total. The monoisotopic (exact) mass is 447 g/mol. The van der Waals surface area contributed by atoms with Gasteiger partial charge in [-0.15, -0.1) is 0 Å². The molecule has 32 heavy (non-hydrogen) atoms. The fourth-order valence-electron chi connectivity index (χ4n) is 3.99. The van der Waals surface area contributed by atoms with Crippen LogP contribution in [0.2, 0.25) is 0 Å². The number of carbonyl (C=O) groups is 3. The Bertz CT molecular complexity index is 682. The number of rotatable bonds is 12. The number of esters is 2. The summed E-state index contributed by atoms with van der Waals surface area (Å²) in [5, 5.41) is 0. The Morgan fingerprint density at radius 1 is 0.906 bits per heavy atom. The highest BCUT2D eigenvalue weighted by molar-refractivity contribution is 5.94. The Morgan fingerprint density at radius 2 is 1.53 bits per heavy atom. The van der Waals surface area contributed by atoms with Crippen molar-refractivity contribution in [1.29, 1.82) is 0 Å². The second-order valence-electron chi connectivity index (χ2n) is 8.17. The maximum absolute atomic E-state index is 12.3. The molecule has 1 aliphatic heterocycles. The molecule has 0 saturated carbocycles. The van der Waals surface area contributed by atoms with Crippen LogP contribution in [-0.2, 0) is 30.4 Å². The van der Waals surface area contributed by atoms with Crippen LogP contribution < -0.4 is 0 Å². The van der Waals surface area contributed by atoms with E-state index in [9.17, 15) is 14.4 Å². The number of piperidine rings is 1. The van der Waals surface area contributed by atoms with Crippen LogP contribution in [-0.4, -0.2) is 49.2 Å². The van der Waals surface area contributed by atoms with Gasteiger partial charge in [0, 0.05) is 13.1 Å². The first kappa shape index (κ1) is 25.7. The predicted octanol–water partition coefficient (Wildman–Crippen LogP) is 4.73. The summed E-state index contributed by atoms with van der Waals surface area (Å²) in [6.07, 6.45) is 6.06. The zero-order chi connectivity index (χ0) is 23.2. The number of hydrogen-bond acceptors (Lipinski definition) is 6. The number of nitrogens with zero attached hydrogens (tertiary/aromatic N) is 1. The lowest BCUT2D eigenvalue weighted by Gasteiger charge is -2.31. The normalized spacial score (nSPS) is 14.3. The molecule has 0 aliphatic carbocycles. The van der Waals surface area contributed by atoms with Crippen molar-refractivity contribution in [2.45, 2.75) is 65.4 Å². The van der Waals surface area contributed by atoms with Gasteiger partial charge in [0.25, 0.3) is 0 Å². The minimum Gasteiger partial charge on any atom is -0.465 e. The topological polar surface area (TPSA) is 82.1 Å². The summed E-state index contributed by atoms with van der Waals surface area (Å²) >= 11 is 0. The molecule has 1 aromatic carbocycles. The Hall–Kier alpha value is -2.57. The summed E-state index contributed by atoms with van der Waals surface area (Å²) in [6.45, 7) is 5.74. The average Bonchev–Trinajstić information content (AvgIpc) is 2.81. The van der Waals surface area contributed by atoms with Crippen molar-refractivity contribution in [3.05, 3.63) is 35.9 Å². The third-order valence-electron chi connectivity index (χ3n) is 5.83. The van der Waals surface area contributed by atoms with E-state index in [2.05, 4.69) is 0 Å². The molecule has 0 atom stereocenters. The lowest BCUT2D eigenvalue weighted by molar-refractivity contribution is -0.162. The Labute approximate surface area is 191 Å². The van der Waals surface area contributed by atoms with Crippen LogP contribution >= 0.6 is 0 Å². The molecule has 0 unspecified atom stereocenters. The van der Waals surface area contributed by atoms with E-state index in [1.165, 1.54) is 0 Å². The van der Waals surface area contributed by atoms with Gasteiger partial charge in [-0.25, -0.2) is 4.79 Å². The van der Waals surface area contributed by atoms with E-state index < -0.39 is 17.9 Å². The number of amides is 1. The van der Waals surface area contributed by atoms with Gasteiger partial charge in [-0.05, 0) is 44.6 Å². The predicted molar refractivity (Wildman–Crippen MR) is 121 cm³/mol. The number of ether oxygens (including phenoxy) is 3. The first-order valence-electron chi connectivity index (χ1n) is 11.8. The van der Waals surface area contributed by atoms with Crippen LogP contribution in [0.3, 0.4) is 0 Å². The second-order valence-corrected chi connectivity index (χ2v) is 8.17. The van der Waals surface area contributed by atoms with Crippen molar-refractivity contribution >= 4 is 18.0 Å². The highest BCUT2D eigenvalue weighted by Gasteiger charge is 2.29. The Kier molecular flexibility index (Phi) is 11.6. The first-order chi connectivity index (χ1) is 15.5. The Morgan fingerprint density at radius 3 is 2.12 bits per heavy atom. The summed E-state index contributed by atoms with van der Waals surface area (Å²) in [5.74, 6) is -1.20. The zero-order valence-corrected chi connectivity index (χ0v) is 19.4. The summed E-state index contributed by atoms with van der Waals surface area (Å²) in [5.41, 5.74) is 0.990. The van der Waals surface area contributed by atoms with Gasteiger partial charge in [0.2, 0.25) is 0 Å². The minimum atomic E-state index is -0.819. The van der Waals surface area contributed by atoms with E-state index in [1.54, 1.807) is 18.7 Å². The standard InChI is InChI=1S/C25H37NO6/c1-3-30-23(27)22(24(28)31-4-2)14-10-6-7-11-20-15-17-26(18-16-20)25(29)32-19-21-12-8-5-9-13-21/h5,8-9,12-13,20,22H,3-4,6-7,10-11,14-19H2,1-2H3. The van der Waals surface area contributed by atoms with E-state index in [0.717, 1.165) is 57.2 Å². The number of benzene rings is 1. The van der Waals surface area contributed by atoms with Crippen LogP contribution in [0.15, 0.2) is 30.3 Å². The molecule has 1 aromatic rings. The van der Waals surface area contributed by atoms with Crippen molar-refractivity contribution in [2.24, 2.45) is 11.8 Å². The lowest BCUT2D eigenvalue weighted by Crippen LogP contribution is -2.38. The van der Waals surface area contributed by atoms with Gasteiger partial charge in [-0.2, -0.15) is 0 Å². The summed E-state index contributed by atoms with van der Waals surface area (Å²) in [6, 6.07) is 9.70. The van der Waals surface area contributed by atoms with Crippen molar-refractivity contribution in [2.75, 3.05) is 26.3 Å².